The zero-order valence-electron chi connectivity index (χ0n) is 22.4. The van der Waals surface area contributed by atoms with Crippen LogP contribution in [0.2, 0.25) is 5.02 Å². The number of carbonyl (C=O) groups excluding carboxylic acids is 2. The van der Waals surface area contributed by atoms with Gasteiger partial charge in [0, 0.05) is 43.0 Å². The van der Waals surface area contributed by atoms with Gasteiger partial charge in [0.05, 0.1) is 41.1 Å². The van der Waals surface area contributed by atoms with Crippen molar-refractivity contribution in [2.24, 2.45) is 5.73 Å². The molecule has 1 spiro atoms. The number of ether oxygens (including phenoxy) is 1. The molecule has 0 saturated carbocycles. The lowest BCUT2D eigenvalue weighted by Crippen LogP contribution is -2.56. The van der Waals surface area contributed by atoms with Gasteiger partial charge in [-0.15, -0.1) is 0 Å². The number of pyridine rings is 2. The second kappa shape index (κ2) is 11.2. The molecule has 1 saturated heterocycles. The van der Waals surface area contributed by atoms with Gasteiger partial charge < -0.3 is 20.3 Å². The summed E-state index contributed by atoms with van der Waals surface area (Å²) in [6.45, 7) is 3.00. The number of nitrogens with two attached hydrogens (primary N) is 1. The van der Waals surface area contributed by atoms with Crippen LogP contribution >= 0.6 is 11.6 Å². The van der Waals surface area contributed by atoms with E-state index in [4.69, 9.17) is 27.1 Å². The summed E-state index contributed by atoms with van der Waals surface area (Å²) in [4.78, 5) is 38.0. The van der Waals surface area contributed by atoms with E-state index in [-0.39, 0.29) is 62.1 Å². The monoisotopic (exact) mass is 587 g/mol. The number of hydrogen-bond acceptors (Lipinski definition) is 6. The normalized spacial score (nSPS) is 16.6. The third-order valence-corrected chi connectivity index (χ3v) is 7.94. The Kier molecular flexibility index (Phi) is 7.83. The Labute approximate surface area is 240 Å². The number of anilines is 1. The average molecular weight is 588 g/mol. The van der Waals surface area contributed by atoms with Gasteiger partial charge >= 0.3 is 6.18 Å². The number of benzene rings is 1. The largest absolute Gasteiger partial charge is 0.477 e. The van der Waals surface area contributed by atoms with Crippen molar-refractivity contribution in [3.05, 3.63) is 70.5 Å². The third kappa shape index (κ3) is 5.55. The van der Waals surface area contributed by atoms with Crippen LogP contribution in [0.3, 0.4) is 0 Å². The molecule has 2 aliphatic rings. The van der Waals surface area contributed by atoms with E-state index in [1.807, 2.05) is 25.1 Å². The standard InChI is InChI=1S/C29H29ClF3N5O3/c1-2-41-26-19(4-3-12-35-26)22-7-6-20-23(36-22)17-38(13-9-25(34)39)27(40)28(20)10-14-37(15-11-28)24-8-5-18(30)16-21(24)29(31,32)33/h3-8,12,16H,2,9-11,13-15,17H2,1H3,(H2,34,39). The second-order valence-corrected chi connectivity index (χ2v) is 10.6. The molecule has 2 amide bonds. The van der Waals surface area contributed by atoms with E-state index in [0.29, 0.717) is 29.4 Å². The number of aromatic nitrogens is 2. The fourth-order valence-electron chi connectivity index (χ4n) is 5.76. The number of carbonyl (C=O) groups is 2. The summed E-state index contributed by atoms with van der Waals surface area (Å²) in [6, 6.07) is 11.1. The minimum atomic E-state index is -4.58. The van der Waals surface area contributed by atoms with Crippen LogP contribution in [0.15, 0.2) is 48.7 Å². The quantitative estimate of drug-likeness (QED) is 0.419. The lowest BCUT2D eigenvalue weighted by atomic mass is 9.69. The molecule has 5 rings (SSSR count). The van der Waals surface area contributed by atoms with Crippen LogP contribution in [0.1, 0.15) is 43.0 Å². The summed E-state index contributed by atoms with van der Waals surface area (Å²) in [7, 11) is 0. The number of hydrogen-bond donors (Lipinski definition) is 1. The second-order valence-electron chi connectivity index (χ2n) is 10.2. The van der Waals surface area contributed by atoms with E-state index in [1.165, 1.54) is 12.1 Å². The van der Waals surface area contributed by atoms with Crippen LogP contribution in [0, 0.1) is 0 Å². The Bertz CT molecular complexity index is 1470. The number of alkyl halides is 3. The SMILES string of the molecule is CCOc1ncccc1-c1ccc2c(n1)CN(CCC(N)=O)C(=O)C21CCN(c2ccc(Cl)cc2C(F)(F)F)CC1. The fraction of sp³-hybridized carbons (Fsp3) is 0.379. The molecule has 41 heavy (non-hydrogen) atoms. The molecule has 1 fully saturated rings. The minimum Gasteiger partial charge on any atom is -0.477 e. The Balaban J connectivity index is 1.52. The number of rotatable bonds is 7. The van der Waals surface area contributed by atoms with E-state index in [1.54, 1.807) is 22.1 Å². The molecule has 0 bridgehead atoms. The smallest absolute Gasteiger partial charge is 0.418 e. The summed E-state index contributed by atoms with van der Waals surface area (Å²) >= 11 is 5.89. The van der Waals surface area contributed by atoms with Crippen molar-refractivity contribution in [1.29, 1.82) is 0 Å². The van der Waals surface area contributed by atoms with Crippen molar-refractivity contribution in [2.75, 3.05) is 31.1 Å². The maximum atomic E-state index is 14.0. The molecule has 0 unspecified atom stereocenters. The van der Waals surface area contributed by atoms with Crippen LogP contribution in [0.4, 0.5) is 18.9 Å². The highest BCUT2D eigenvalue weighted by molar-refractivity contribution is 6.30. The van der Waals surface area contributed by atoms with E-state index < -0.39 is 23.1 Å². The van der Waals surface area contributed by atoms with Crippen molar-refractivity contribution in [2.45, 2.75) is 44.3 Å². The lowest BCUT2D eigenvalue weighted by molar-refractivity contribution is -0.141. The summed E-state index contributed by atoms with van der Waals surface area (Å²) < 4.78 is 47.2. The van der Waals surface area contributed by atoms with Crippen LogP contribution in [-0.4, -0.2) is 52.9 Å². The van der Waals surface area contributed by atoms with Crippen molar-refractivity contribution >= 4 is 29.1 Å². The van der Waals surface area contributed by atoms with Crippen LogP contribution in [-0.2, 0) is 27.7 Å². The molecule has 0 atom stereocenters. The van der Waals surface area contributed by atoms with Crippen LogP contribution < -0.4 is 15.4 Å². The zero-order valence-corrected chi connectivity index (χ0v) is 23.1. The van der Waals surface area contributed by atoms with Crippen LogP contribution in [0.5, 0.6) is 5.88 Å². The highest BCUT2D eigenvalue weighted by Crippen LogP contribution is 2.46. The summed E-state index contributed by atoms with van der Waals surface area (Å²) in [5, 5.41) is -0.000906. The fourth-order valence-corrected chi connectivity index (χ4v) is 5.94. The number of primary amides is 1. The Hall–Kier alpha value is -3.86. The van der Waals surface area contributed by atoms with E-state index in [9.17, 15) is 22.8 Å². The first-order valence-electron chi connectivity index (χ1n) is 13.3. The van der Waals surface area contributed by atoms with Gasteiger partial charge in [-0.2, -0.15) is 13.2 Å². The first-order valence-corrected chi connectivity index (χ1v) is 13.7. The minimum absolute atomic E-state index is 0.000906. The number of fused-ring (bicyclic) bond motifs is 2. The Morgan fingerprint density at radius 3 is 2.61 bits per heavy atom. The number of nitrogens with zero attached hydrogens (tertiary/aromatic N) is 4. The molecule has 2 N–H and O–H groups in total. The topological polar surface area (TPSA) is 102 Å². The average Bonchev–Trinajstić information content (AvgIpc) is 2.94. The molecule has 12 heteroatoms. The lowest BCUT2D eigenvalue weighted by Gasteiger charge is -2.47. The Morgan fingerprint density at radius 2 is 1.93 bits per heavy atom. The molecule has 216 valence electrons. The van der Waals surface area contributed by atoms with E-state index in [2.05, 4.69) is 4.98 Å². The van der Waals surface area contributed by atoms with Crippen molar-refractivity contribution in [3.63, 3.8) is 0 Å². The van der Waals surface area contributed by atoms with Gasteiger partial charge in [-0.1, -0.05) is 17.7 Å². The molecule has 2 aliphatic heterocycles. The summed E-state index contributed by atoms with van der Waals surface area (Å²) in [6.07, 6.45) is -2.43. The van der Waals surface area contributed by atoms with Gasteiger partial charge in [0.1, 0.15) is 0 Å². The maximum Gasteiger partial charge on any atom is 0.418 e. The number of piperidine rings is 1. The highest BCUT2D eigenvalue weighted by atomic mass is 35.5. The molecular formula is C29H29ClF3N5O3. The highest BCUT2D eigenvalue weighted by Gasteiger charge is 2.50. The molecule has 0 aliphatic carbocycles. The molecule has 1 aromatic carbocycles. The van der Waals surface area contributed by atoms with Gasteiger partial charge in [-0.05, 0) is 61.7 Å². The van der Waals surface area contributed by atoms with E-state index in [0.717, 1.165) is 11.6 Å². The predicted molar refractivity (Wildman–Crippen MR) is 147 cm³/mol. The van der Waals surface area contributed by atoms with Gasteiger partial charge in [0.15, 0.2) is 0 Å². The molecule has 2 aromatic heterocycles. The molecule has 4 heterocycles. The van der Waals surface area contributed by atoms with Crippen LogP contribution in [0.25, 0.3) is 11.3 Å². The van der Waals surface area contributed by atoms with E-state index >= 15 is 0 Å². The molecule has 3 aromatic rings. The molecule has 8 nitrogen and oxygen atoms in total. The zero-order chi connectivity index (χ0) is 29.4. The Morgan fingerprint density at radius 1 is 1.17 bits per heavy atom. The number of amides is 2. The predicted octanol–water partition coefficient (Wildman–Crippen LogP) is 4.97. The van der Waals surface area contributed by atoms with Crippen molar-refractivity contribution in [1.82, 2.24) is 14.9 Å². The summed E-state index contributed by atoms with van der Waals surface area (Å²) in [5.74, 6) is -0.274. The number of halogens is 4. The maximum absolute atomic E-state index is 14.0. The van der Waals surface area contributed by atoms with Gasteiger partial charge in [0.25, 0.3) is 0 Å². The van der Waals surface area contributed by atoms with Gasteiger partial charge in [-0.3, -0.25) is 14.6 Å². The first-order chi connectivity index (χ1) is 19.5. The third-order valence-electron chi connectivity index (χ3n) is 7.70. The first kappa shape index (κ1) is 28.7. The van der Waals surface area contributed by atoms with Gasteiger partial charge in [-0.25, -0.2) is 4.98 Å². The van der Waals surface area contributed by atoms with Gasteiger partial charge in [0.2, 0.25) is 17.7 Å². The van der Waals surface area contributed by atoms with Crippen molar-refractivity contribution in [3.8, 4) is 17.1 Å². The molecule has 0 radical (unpaired) electrons. The summed E-state index contributed by atoms with van der Waals surface area (Å²) in [5.41, 5.74) is 6.32. The molecular weight excluding hydrogens is 559 g/mol. The van der Waals surface area contributed by atoms with Crippen molar-refractivity contribution < 1.29 is 27.5 Å².